The first-order valence-corrected chi connectivity index (χ1v) is 6.37. The first-order valence-electron chi connectivity index (χ1n) is 6.37. The van der Waals surface area contributed by atoms with Crippen molar-refractivity contribution in [3.8, 4) is 0 Å². The number of rotatable bonds is 6. The fourth-order valence-corrected chi connectivity index (χ4v) is 1.73. The summed E-state index contributed by atoms with van der Waals surface area (Å²) in [6.07, 6.45) is 0. The number of carbonyl (C=O) groups excluding carboxylic acids is 1. The van der Waals surface area contributed by atoms with Crippen LogP contribution in [0.4, 0.5) is 0 Å². The average Bonchev–Trinajstić information content (AvgIpc) is 2.73. The molecule has 0 saturated heterocycles. The molecule has 0 radical (unpaired) electrons. The Kier molecular flexibility index (Phi) is 5.34. The number of hydrogen-bond donors (Lipinski definition) is 1. The van der Waals surface area contributed by atoms with Gasteiger partial charge in [-0.15, -0.1) is 0 Å². The molecule has 1 amide bonds. The maximum Gasteiger partial charge on any atom is 0.269 e. The summed E-state index contributed by atoms with van der Waals surface area (Å²) in [5, 5.41) is 7.33. The van der Waals surface area contributed by atoms with Crippen molar-refractivity contribution in [1.29, 1.82) is 0 Å². The van der Waals surface area contributed by atoms with E-state index in [-0.39, 0.29) is 11.9 Å². The van der Waals surface area contributed by atoms with Gasteiger partial charge in [-0.3, -0.25) is 9.48 Å². The van der Waals surface area contributed by atoms with Crippen LogP contribution >= 0.6 is 0 Å². The van der Waals surface area contributed by atoms with Gasteiger partial charge in [-0.05, 0) is 25.8 Å². The van der Waals surface area contributed by atoms with Crippen LogP contribution in [-0.4, -0.2) is 35.4 Å². The Balaban J connectivity index is 2.84. The Labute approximate surface area is 109 Å². The van der Waals surface area contributed by atoms with Gasteiger partial charge in [0.2, 0.25) is 0 Å². The van der Waals surface area contributed by atoms with Crippen LogP contribution in [-0.2, 0) is 11.3 Å². The molecule has 0 bridgehead atoms. The highest BCUT2D eigenvalue weighted by Gasteiger charge is 2.17. The Hall–Kier alpha value is -1.36. The van der Waals surface area contributed by atoms with Crippen molar-refractivity contribution >= 4 is 5.91 Å². The Morgan fingerprint density at radius 2 is 2.17 bits per heavy atom. The first kappa shape index (κ1) is 14.7. The molecule has 0 aromatic carbocycles. The third kappa shape index (κ3) is 3.57. The van der Waals surface area contributed by atoms with Crippen LogP contribution in [0.1, 0.15) is 49.8 Å². The second-order valence-corrected chi connectivity index (χ2v) is 4.75. The second-order valence-electron chi connectivity index (χ2n) is 4.75. The van der Waals surface area contributed by atoms with Crippen LogP contribution in [0.5, 0.6) is 0 Å². The Morgan fingerprint density at radius 1 is 1.50 bits per heavy atom. The molecule has 5 nitrogen and oxygen atoms in total. The van der Waals surface area contributed by atoms with Crippen LogP contribution in [0, 0.1) is 0 Å². The third-order valence-corrected chi connectivity index (χ3v) is 2.72. The third-order valence-electron chi connectivity index (χ3n) is 2.72. The van der Waals surface area contributed by atoms with Crippen LogP contribution in [0.2, 0.25) is 0 Å². The van der Waals surface area contributed by atoms with E-state index in [0.717, 1.165) is 5.69 Å². The molecule has 0 aliphatic carbocycles. The quantitative estimate of drug-likeness (QED) is 0.841. The molecule has 1 aromatic rings. The second kappa shape index (κ2) is 6.54. The molecule has 0 unspecified atom stereocenters. The lowest BCUT2D eigenvalue weighted by atomic mass is 10.1. The monoisotopic (exact) mass is 253 g/mol. The minimum Gasteiger partial charge on any atom is -0.383 e. The number of amides is 1. The molecule has 0 aliphatic heterocycles. The number of nitrogens with one attached hydrogen (secondary N) is 1. The number of aromatic nitrogens is 2. The zero-order valence-electron chi connectivity index (χ0n) is 11.9. The van der Waals surface area contributed by atoms with Gasteiger partial charge in [0.15, 0.2) is 0 Å². The van der Waals surface area contributed by atoms with Gasteiger partial charge in [0.25, 0.3) is 5.91 Å². The number of nitrogens with zero attached hydrogens (tertiary/aromatic N) is 2. The molecule has 0 fully saturated rings. The SMILES string of the molecule is CCn1nc(C(C)C)cc1C(=O)N[C@@H](C)COC. The molecule has 1 rings (SSSR count). The van der Waals surface area contributed by atoms with Crippen molar-refractivity contribution in [3.63, 3.8) is 0 Å². The molecular formula is C13H23N3O2. The average molecular weight is 253 g/mol. The summed E-state index contributed by atoms with van der Waals surface area (Å²) >= 11 is 0. The van der Waals surface area contributed by atoms with Crippen molar-refractivity contribution in [2.24, 2.45) is 0 Å². The smallest absolute Gasteiger partial charge is 0.269 e. The maximum atomic E-state index is 12.1. The van der Waals surface area contributed by atoms with E-state index in [0.29, 0.717) is 24.8 Å². The number of hydrogen-bond acceptors (Lipinski definition) is 3. The first-order chi connectivity index (χ1) is 8.49. The molecule has 1 N–H and O–H groups in total. The van der Waals surface area contributed by atoms with Crippen molar-refractivity contribution in [3.05, 3.63) is 17.5 Å². The fourth-order valence-electron chi connectivity index (χ4n) is 1.73. The molecule has 0 saturated carbocycles. The summed E-state index contributed by atoms with van der Waals surface area (Å²) in [5.74, 6) is 0.224. The van der Waals surface area contributed by atoms with Gasteiger partial charge in [0.1, 0.15) is 5.69 Å². The van der Waals surface area contributed by atoms with Crippen molar-refractivity contribution in [2.45, 2.75) is 46.2 Å². The van der Waals surface area contributed by atoms with Crippen LogP contribution in [0.3, 0.4) is 0 Å². The molecule has 102 valence electrons. The van der Waals surface area contributed by atoms with E-state index in [1.54, 1.807) is 11.8 Å². The number of methoxy groups -OCH3 is 1. The zero-order chi connectivity index (χ0) is 13.7. The molecular weight excluding hydrogens is 230 g/mol. The number of ether oxygens (including phenoxy) is 1. The Bertz CT molecular complexity index is 399. The minimum absolute atomic E-state index is 0.00907. The van der Waals surface area contributed by atoms with Gasteiger partial charge in [-0.2, -0.15) is 5.10 Å². The number of aryl methyl sites for hydroxylation is 1. The van der Waals surface area contributed by atoms with E-state index >= 15 is 0 Å². The molecule has 1 heterocycles. The lowest BCUT2D eigenvalue weighted by molar-refractivity contribution is 0.0895. The normalized spacial score (nSPS) is 12.8. The molecule has 0 spiro atoms. The largest absolute Gasteiger partial charge is 0.383 e. The summed E-state index contributed by atoms with van der Waals surface area (Å²) in [6.45, 7) is 9.22. The van der Waals surface area contributed by atoms with Crippen LogP contribution in [0.15, 0.2) is 6.07 Å². The van der Waals surface area contributed by atoms with Gasteiger partial charge < -0.3 is 10.1 Å². The van der Waals surface area contributed by atoms with Crippen molar-refractivity contribution < 1.29 is 9.53 Å². The highest BCUT2D eigenvalue weighted by molar-refractivity contribution is 5.92. The summed E-state index contributed by atoms with van der Waals surface area (Å²) in [6, 6.07) is 1.86. The lowest BCUT2D eigenvalue weighted by Crippen LogP contribution is -2.36. The van der Waals surface area contributed by atoms with E-state index in [9.17, 15) is 4.79 Å². The van der Waals surface area contributed by atoms with Crippen molar-refractivity contribution in [2.75, 3.05) is 13.7 Å². The molecule has 5 heteroatoms. The fraction of sp³-hybridized carbons (Fsp3) is 0.692. The van der Waals surface area contributed by atoms with Crippen LogP contribution in [0.25, 0.3) is 0 Å². The van der Waals surface area contributed by atoms with E-state index < -0.39 is 0 Å². The van der Waals surface area contributed by atoms with Gasteiger partial charge in [-0.25, -0.2) is 0 Å². The van der Waals surface area contributed by atoms with Gasteiger partial charge >= 0.3 is 0 Å². The maximum absolute atomic E-state index is 12.1. The lowest BCUT2D eigenvalue weighted by Gasteiger charge is -2.12. The van der Waals surface area contributed by atoms with E-state index in [2.05, 4.69) is 24.3 Å². The topological polar surface area (TPSA) is 56.2 Å². The minimum atomic E-state index is -0.0965. The highest BCUT2D eigenvalue weighted by atomic mass is 16.5. The number of carbonyl (C=O) groups is 1. The Morgan fingerprint density at radius 3 is 2.67 bits per heavy atom. The van der Waals surface area contributed by atoms with E-state index in [1.165, 1.54) is 0 Å². The molecule has 1 aromatic heterocycles. The summed E-state index contributed by atoms with van der Waals surface area (Å²) in [5.41, 5.74) is 1.56. The molecule has 18 heavy (non-hydrogen) atoms. The summed E-state index contributed by atoms with van der Waals surface area (Å²) < 4.78 is 6.74. The zero-order valence-corrected chi connectivity index (χ0v) is 11.9. The highest BCUT2D eigenvalue weighted by Crippen LogP contribution is 2.14. The van der Waals surface area contributed by atoms with E-state index in [4.69, 9.17) is 4.74 Å². The standard InChI is InChI=1S/C13H23N3O2/c1-6-16-12(7-11(15-16)9(2)3)13(17)14-10(4)8-18-5/h7,9-10H,6,8H2,1-5H3,(H,14,17)/t10-/m0/s1. The predicted octanol–water partition coefficient (Wildman–Crippen LogP) is 1.79. The van der Waals surface area contributed by atoms with Gasteiger partial charge in [-0.1, -0.05) is 13.8 Å². The summed E-state index contributed by atoms with van der Waals surface area (Å²) in [4.78, 5) is 12.1. The van der Waals surface area contributed by atoms with E-state index in [1.807, 2.05) is 19.9 Å². The van der Waals surface area contributed by atoms with Gasteiger partial charge in [0, 0.05) is 19.7 Å². The van der Waals surface area contributed by atoms with Crippen molar-refractivity contribution in [1.82, 2.24) is 15.1 Å². The molecule has 0 aliphatic rings. The summed E-state index contributed by atoms with van der Waals surface area (Å²) in [7, 11) is 1.62. The molecule has 1 atom stereocenters. The predicted molar refractivity (Wildman–Crippen MR) is 70.8 cm³/mol. The van der Waals surface area contributed by atoms with Crippen LogP contribution < -0.4 is 5.32 Å². The van der Waals surface area contributed by atoms with Gasteiger partial charge in [0.05, 0.1) is 12.3 Å².